The summed E-state index contributed by atoms with van der Waals surface area (Å²) in [7, 11) is -2.32. The number of rotatable bonds is 8. The third-order valence-corrected chi connectivity index (χ3v) is 6.60. The van der Waals surface area contributed by atoms with Crippen LogP contribution in [-0.4, -0.2) is 51.0 Å². The van der Waals surface area contributed by atoms with Crippen molar-refractivity contribution in [1.82, 2.24) is 10.2 Å². The number of aryl methyl sites for hydroxylation is 1. The molecule has 1 N–H and O–H groups in total. The van der Waals surface area contributed by atoms with E-state index >= 15 is 0 Å². The molecule has 0 unspecified atom stereocenters. The standard InChI is InChI=1S/C21H25Cl2N3O4S/c1-14-5-10-18(11-19(14)23)26(31(4,29)30)13-20(27)25(15(2)21(28)24-3)12-16-6-8-17(22)9-7-16/h5-11,15H,12-13H2,1-4H3,(H,24,28)/t15-/m1/s1. The highest BCUT2D eigenvalue weighted by molar-refractivity contribution is 7.92. The predicted octanol–water partition coefficient (Wildman–Crippen LogP) is 3.23. The molecular formula is C21H25Cl2N3O4S. The van der Waals surface area contributed by atoms with Crippen LogP contribution in [-0.2, 0) is 26.2 Å². The van der Waals surface area contributed by atoms with Gasteiger partial charge >= 0.3 is 0 Å². The molecule has 0 aliphatic heterocycles. The fourth-order valence-corrected chi connectivity index (χ4v) is 4.07. The van der Waals surface area contributed by atoms with E-state index < -0.39 is 28.5 Å². The Morgan fingerprint density at radius 2 is 1.71 bits per heavy atom. The van der Waals surface area contributed by atoms with Crippen molar-refractivity contribution < 1.29 is 18.0 Å². The second-order valence-electron chi connectivity index (χ2n) is 7.14. The molecule has 0 aliphatic rings. The molecule has 2 aromatic carbocycles. The Bertz CT molecular complexity index is 1060. The number of halogens is 2. The van der Waals surface area contributed by atoms with Gasteiger partial charge in [-0.25, -0.2) is 8.42 Å². The van der Waals surface area contributed by atoms with E-state index in [2.05, 4.69) is 5.32 Å². The summed E-state index contributed by atoms with van der Waals surface area (Å²) >= 11 is 12.1. The molecule has 0 fully saturated rings. The van der Waals surface area contributed by atoms with Crippen LogP contribution in [0.1, 0.15) is 18.1 Å². The summed E-state index contributed by atoms with van der Waals surface area (Å²) < 4.78 is 25.9. The minimum atomic E-state index is -3.80. The van der Waals surface area contributed by atoms with Gasteiger partial charge in [-0.15, -0.1) is 0 Å². The lowest BCUT2D eigenvalue weighted by molar-refractivity contribution is -0.139. The van der Waals surface area contributed by atoms with Crippen molar-refractivity contribution in [3.05, 3.63) is 63.6 Å². The molecule has 10 heteroatoms. The predicted molar refractivity (Wildman–Crippen MR) is 124 cm³/mol. The van der Waals surface area contributed by atoms with Crippen molar-refractivity contribution in [2.45, 2.75) is 26.4 Å². The number of carbonyl (C=O) groups excluding carboxylic acids is 2. The summed E-state index contributed by atoms with van der Waals surface area (Å²) in [6, 6.07) is 10.8. The molecule has 31 heavy (non-hydrogen) atoms. The smallest absolute Gasteiger partial charge is 0.244 e. The van der Waals surface area contributed by atoms with Gasteiger partial charge in [-0.05, 0) is 49.2 Å². The Morgan fingerprint density at radius 3 is 2.23 bits per heavy atom. The van der Waals surface area contributed by atoms with Crippen LogP contribution in [0.2, 0.25) is 10.0 Å². The van der Waals surface area contributed by atoms with Crippen molar-refractivity contribution in [3.63, 3.8) is 0 Å². The lowest BCUT2D eigenvalue weighted by Gasteiger charge is -2.31. The molecule has 0 spiro atoms. The maximum atomic E-state index is 13.2. The van der Waals surface area contributed by atoms with Crippen LogP contribution >= 0.6 is 23.2 Å². The van der Waals surface area contributed by atoms with E-state index in [1.54, 1.807) is 50.2 Å². The minimum absolute atomic E-state index is 0.108. The van der Waals surface area contributed by atoms with Gasteiger partial charge < -0.3 is 10.2 Å². The van der Waals surface area contributed by atoms with Gasteiger partial charge in [-0.1, -0.05) is 41.4 Å². The Hall–Kier alpha value is -2.29. The molecular weight excluding hydrogens is 461 g/mol. The molecule has 0 aliphatic carbocycles. The maximum absolute atomic E-state index is 13.2. The zero-order valence-electron chi connectivity index (χ0n) is 17.7. The summed E-state index contributed by atoms with van der Waals surface area (Å²) in [5, 5.41) is 3.45. The number of carbonyl (C=O) groups is 2. The monoisotopic (exact) mass is 485 g/mol. The average Bonchev–Trinajstić information content (AvgIpc) is 2.71. The van der Waals surface area contributed by atoms with Crippen LogP contribution in [0, 0.1) is 6.92 Å². The SMILES string of the molecule is CNC(=O)[C@@H](C)N(Cc1ccc(Cl)cc1)C(=O)CN(c1ccc(C)c(Cl)c1)S(C)(=O)=O. The van der Waals surface area contributed by atoms with Crippen molar-refractivity contribution in [1.29, 1.82) is 0 Å². The first-order valence-electron chi connectivity index (χ1n) is 9.43. The maximum Gasteiger partial charge on any atom is 0.244 e. The highest BCUT2D eigenvalue weighted by atomic mass is 35.5. The highest BCUT2D eigenvalue weighted by Gasteiger charge is 2.29. The molecule has 0 aromatic heterocycles. The highest BCUT2D eigenvalue weighted by Crippen LogP contribution is 2.25. The van der Waals surface area contributed by atoms with Crippen molar-refractivity contribution in [3.8, 4) is 0 Å². The molecule has 0 bridgehead atoms. The molecule has 2 aromatic rings. The Balaban J connectivity index is 2.39. The van der Waals surface area contributed by atoms with Crippen molar-refractivity contribution in [2.24, 2.45) is 0 Å². The van der Waals surface area contributed by atoms with Crippen LogP contribution in [0.3, 0.4) is 0 Å². The minimum Gasteiger partial charge on any atom is -0.357 e. The van der Waals surface area contributed by atoms with E-state index in [1.807, 2.05) is 0 Å². The molecule has 168 valence electrons. The van der Waals surface area contributed by atoms with Crippen LogP contribution in [0.15, 0.2) is 42.5 Å². The number of hydrogen-bond donors (Lipinski definition) is 1. The lowest BCUT2D eigenvalue weighted by Crippen LogP contribution is -2.50. The Kier molecular flexibility index (Phi) is 8.34. The van der Waals surface area contributed by atoms with E-state index in [1.165, 1.54) is 18.0 Å². The summed E-state index contributed by atoms with van der Waals surface area (Å²) in [4.78, 5) is 26.8. The van der Waals surface area contributed by atoms with E-state index in [-0.39, 0.29) is 18.1 Å². The Labute approximate surface area is 193 Å². The quantitative estimate of drug-likeness (QED) is 0.621. The summed E-state index contributed by atoms with van der Waals surface area (Å²) in [5.74, 6) is -0.903. The second-order valence-corrected chi connectivity index (χ2v) is 9.89. The van der Waals surface area contributed by atoms with Gasteiger partial charge in [0, 0.05) is 23.6 Å². The molecule has 0 heterocycles. The van der Waals surface area contributed by atoms with Gasteiger partial charge in [0.05, 0.1) is 11.9 Å². The number of benzene rings is 2. The van der Waals surface area contributed by atoms with E-state index in [0.29, 0.717) is 10.0 Å². The number of sulfonamides is 1. The fraction of sp³-hybridized carbons (Fsp3) is 0.333. The normalized spacial score (nSPS) is 12.2. The number of nitrogens with zero attached hydrogens (tertiary/aromatic N) is 2. The zero-order valence-corrected chi connectivity index (χ0v) is 20.1. The molecule has 0 saturated carbocycles. The number of likely N-dealkylation sites (N-methyl/N-ethyl adjacent to an activating group) is 1. The first-order chi connectivity index (χ1) is 14.4. The van der Waals surface area contributed by atoms with Gasteiger partial charge in [0.25, 0.3) is 0 Å². The number of hydrogen-bond acceptors (Lipinski definition) is 4. The number of amides is 2. The summed E-state index contributed by atoms with van der Waals surface area (Å²) in [6.07, 6.45) is 1.01. The average molecular weight is 486 g/mol. The van der Waals surface area contributed by atoms with Crippen LogP contribution < -0.4 is 9.62 Å². The largest absolute Gasteiger partial charge is 0.357 e. The van der Waals surface area contributed by atoms with E-state index in [9.17, 15) is 18.0 Å². The van der Waals surface area contributed by atoms with Crippen molar-refractivity contribution >= 4 is 50.7 Å². The molecule has 0 saturated heterocycles. The zero-order chi connectivity index (χ0) is 23.3. The fourth-order valence-electron chi connectivity index (χ4n) is 2.93. The molecule has 2 amide bonds. The summed E-state index contributed by atoms with van der Waals surface area (Å²) in [5.41, 5.74) is 1.80. The molecule has 2 rings (SSSR count). The van der Waals surface area contributed by atoms with Crippen LogP contribution in [0.5, 0.6) is 0 Å². The third-order valence-electron chi connectivity index (χ3n) is 4.80. The van der Waals surface area contributed by atoms with Gasteiger partial charge in [0.2, 0.25) is 21.8 Å². The third kappa shape index (κ3) is 6.59. The second kappa shape index (κ2) is 10.3. The first kappa shape index (κ1) is 25.0. The molecule has 0 radical (unpaired) electrons. The van der Waals surface area contributed by atoms with Crippen LogP contribution in [0.4, 0.5) is 5.69 Å². The molecule has 7 nitrogen and oxygen atoms in total. The first-order valence-corrected chi connectivity index (χ1v) is 12.0. The topological polar surface area (TPSA) is 86.8 Å². The van der Waals surface area contributed by atoms with Crippen LogP contribution in [0.25, 0.3) is 0 Å². The number of nitrogens with one attached hydrogen (secondary N) is 1. The van der Waals surface area contributed by atoms with Gasteiger partial charge in [0.1, 0.15) is 12.6 Å². The lowest BCUT2D eigenvalue weighted by atomic mass is 10.1. The van der Waals surface area contributed by atoms with E-state index in [0.717, 1.165) is 21.7 Å². The number of anilines is 1. The molecule has 1 atom stereocenters. The van der Waals surface area contributed by atoms with Gasteiger partial charge in [0.15, 0.2) is 0 Å². The van der Waals surface area contributed by atoms with Gasteiger partial charge in [-0.3, -0.25) is 13.9 Å². The summed E-state index contributed by atoms with van der Waals surface area (Å²) in [6.45, 7) is 3.01. The van der Waals surface area contributed by atoms with Gasteiger partial charge in [-0.2, -0.15) is 0 Å². The van der Waals surface area contributed by atoms with E-state index in [4.69, 9.17) is 23.2 Å². The van der Waals surface area contributed by atoms with Crippen molar-refractivity contribution in [2.75, 3.05) is 24.2 Å². The Morgan fingerprint density at radius 1 is 1.10 bits per heavy atom.